The third-order valence-corrected chi connectivity index (χ3v) is 3.48. The topological polar surface area (TPSA) is 81.4 Å². The lowest BCUT2D eigenvalue weighted by Crippen LogP contribution is -2.30. The molecular formula is C17H16ClFN2O3. The van der Waals surface area contributed by atoms with Crippen molar-refractivity contribution in [3.63, 3.8) is 0 Å². The summed E-state index contributed by atoms with van der Waals surface area (Å²) in [4.78, 5) is 23.5. The minimum absolute atomic E-state index is 0.138. The van der Waals surface area contributed by atoms with Crippen LogP contribution in [0.3, 0.4) is 0 Å². The van der Waals surface area contributed by atoms with Gasteiger partial charge in [0.15, 0.2) is 6.61 Å². The lowest BCUT2D eigenvalue weighted by Gasteiger charge is -2.08. The molecule has 0 bridgehead atoms. The van der Waals surface area contributed by atoms with Crippen LogP contribution in [-0.4, -0.2) is 25.0 Å². The second-order valence-electron chi connectivity index (χ2n) is 5.00. The van der Waals surface area contributed by atoms with Gasteiger partial charge in [0.2, 0.25) is 0 Å². The summed E-state index contributed by atoms with van der Waals surface area (Å²) in [5.41, 5.74) is 6.48. The molecule has 0 atom stereocenters. The van der Waals surface area contributed by atoms with Gasteiger partial charge >= 0.3 is 5.97 Å². The Hall–Kier alpha value is -2.60. The highest BCUT2D eigenvalue weighted by atomic mass is 35.5. The highest BCUT2D eigenvalue weighted by Gasteiger charge is 2.13. The number of hydrogen-bond donors (Lipinski definition) is 2. The monoisotopic (exact) mass is 350 g/mol. The number of nitrogens with one attached hydrogen (secondary N) is 1. The van der Waals surface area contributed by atoms with Crippen LogP contribution in [0.1, 0.15) is 15.9 Å². The van der Waals surface area contributed by atoms with E-state index in [1.54, 1.807) is 18.2 Å². The van der Waals surface area contributed by atoms with Gasteiger partial charge in [0, 0.05) is 17.3 Å². The largest absolute Gasteiger partial charge is 0.452 e. The maximum atomic E-state index is 13.4. The number of ether oxygens (including phenoxy) is 1. The van der Waals surface area contributed by atoms with Crippen molar-refractivity contribution < 1.29 is 18.7 Å². The summed E-state index contributed by atoms with van der Waals surface area (Å²) < 4.78 is 18.3. The third kappa shape index (κ3) is 4.96. The smallest absolute Gasteiger partial charge is 0.340 e. The van der Waals surface area contributed by atoms with Crippen molar-refractivity contribution in [1.29, 1.82) is 0 Å². The van der Waals surface area contributed by atoms with Crippen LogP contribution < -0.4 is 11.1 Å². The van der Waals surface area contributed by atoms with Crippen molar-refractivity contribution in [1.82, 2.24) is 5.32 Å². The number of carbonyl (C=O) groups excluding carboxylic acids is 2. The van der Waals surface area contributed by atoms with Crippen molar-refractivity contribution in [3.8, 4) is 0 Å². The fraction of sp³-hybridized carbons (Fsp3) is 0.176. The number of rotatable bonds is 6. The fourth-order valence-corrected chi connectivity index (χ4v) is 2.20. The summed E-state index contributed by atoms with van der Waals surface area (Å²) in [7, 11) is 0. The number of nitrogens with two attached hydrogens (primary N) is 1. The Kier molecular flexibility index (Phi) is 6.14. The van der Waals surface area contributed by atoms with Crippen LogP contribution in [0, 0.1) is 5.82 Å². The lowest BCUT2D eigenvalue weighted by atomic mass is 10.1. The number of anilines is 1. The van der Waals surface area contributed by atoms with Gasteiger partial charge in [-0.2, -0.15) is 0 Å². The van der Waals surface area contributed by atoms with Gasteiger partial charge in [-0.15, -0.1) is 0 Å². The first-order chi connectivity index (χ1) is 11.5. The number of esters is 1. The Balaban J connectivity index is 1.77. The maximum absolute atomic E-state index is 13.4. The van der Waals surface area contributed by atoms with Crippen LogP contribution in [0.2, 0.25) is 5.02 Å². The maximum Gasteiger partial charge on any atom is 0.340 e. The molecule has 24 heavy (non-hydrogen) atoms. The summed E-state index contributed by atoms with van der Waals surface area (Å²) in [6.07, 6.45) is 0.344. The van der Waals surface area contributed by atoms with Crippen LogP contribution in [0.25, 0.3) is 0 Å². The molecule has 3 N–H and O–H groups in total. The van der Waals surface area contributed by atoms with E-state index in [9.17, 15) is 14.0 Å². The van der Waals surface area contributed by atoms with Crippen LogP contribution in [0.4, 0.5) is 10.1 Å². The number of halogens is 2. The molecule has 0 fully saturated rings. The average Bonchev–Trinajstić information content (AvgIpc) is 2.54. The fourth-order valence-electron chi connectivity index (χ4n) is 2.02. The molecule has 0 radical (unpaired) electrons. The van der Waals surface area contributed by atoms with Gasteiger partial charge in [-0.3, -0.25) is 4.79 Å². The molecule has 0 spiro atoms. The highest BCUT2D eigenvalue weighted by Crippen LogP contribution is 2.18. The number of benzene rings is 2. The molecule has 0 aliphatic carbocycles. The second kappa shape index (κ2) is 8.31. The molecule has 0 saturated heterocycles. The van der Waals surface area contributed by atoms with Crippen LogP contribution in [0.5, 0.6) is 0 Å². The van der Waals surface area contributed by atoms with Crippen molar-refractivity contribution in [2.45, 2.75) is 6.42 Å². The Morgan fingerprint density at radius 1 is 1.21 bits per heavy atom. The highest BCUT2D eigenvalue weighted by molar-refractivity contribution is 6.31. The minimum atomic E-state index is -0.714. The molecule has 0 aromatic heterocycles. The van der Waals surface area contributed by atoms with Crippen LogP contribution in [0.15, 0.2) is 42.5 Å². The Morgan fingerprint density at radius 2 is 1.96 bits per heavy atom. The molecule has 0 aliphatic heterocycles. The van der Waals surface area contributed by atoms with E-state index in [0.29, 0.717) is 17.0 Å². The average molecular weight is 351 g/mol. The molecule has 1 amide bonds. The normalized spacial score (nSPS) is 10.2. The van der Waals surface area contributed by atoms with Gasteiger partial charge in [-0.05, 0) is 36.2 Å². The second-order valence-corrected chi connectivity index (χ2v) is 5.44. The standard InChI is InChI=1S/C17H16ClFN2O3/c18-12-5-6-13(15(20)9-12)17(23)24-10-16(22)21-8-7-11-3-1-2-4-14(11)19/h1-6,9H,7-8,10,20H2,(H,21,22). The molecule has 5 nitrogen and oxygen atoms in total. The van der Waals surface area contributed by atoms with E-state index in [0.717, 1.165) is 0 Å². The molecule has 0 heterocycles. The molecule has 0 saturated carbocycles. The van der Waals surface area contributed by atoms with Gasteiger partial charge < -0.3 is 15.8 Å². The van der Waals surface area contributed by atoms with E-state index < -0.39 is 18.5 Å². The van der Waals surface area contributed by atoms with E-state index >= 15 is 0 Å². The van der Waals surface area contributed by atoms with Crippen LogP contribution in [-0.2, 0) is 16.0 Å². The van der Waals surface area contributed by atoms with Crippen molar-refractivity contribution in [2.24, 2.45) is 0 Å². The number of hydrogen-bond acceptors (Lipinski definition) is 4. The van der Waals surface area contributed by atoms with Crippen molar-refractivity contribution >= 4 is 29.2 Å². The number of carbonyl (C=O) groups is 2. The molecular weight excluding hydrogens is 335 g/mol. The molecule has 2 aromatic rings. The Morgan fingerprint density at radius 3 is 2.67 bits per heavy atom. The van der Waals surface area contributed by atoms with Gasteiger partial charge in [0.1, 0.15) is 5.82 Å². The first-order valence-electron chi connectivity index (χ1n) is 7.19. The van der Waals surface area contributed by atoms with E-state index in [1.165, 1.54) is 24.3 Å². The lowest BCUT2D eigenvalue weighted by molar-refractivity contribution is -0.124. The minimum Gasteiger partial charge on any atom is -0.452 e. The van der Waals surface area contributed by atoms with Gasteiger partial charge in [-0.25, -0.2) is 9.18 Å². The van der Waals surface area contributed by atoms with E-state index in [-0.39, 0.29) is 23.6 Å². The van der Waals surface area contributed by atoms with Crippen LogP contribution >= 0.6 is 11.6 Å². The van der Waals surface area contributed by atoms with Gasteiger partial charge in [0.25, 0.3) is 5.91 Å². The summed E-state index contributed by atoms with van der Waals surface area (Å²) in [6.45, 7) is -0.210. The van der Waals surface area contributed by atoms with Gasteiger partial charge in [0.05, 0.1) is 5.56 Å². The summed E-state index contributed by atoms with van der Waals surface area (Å²) in [5, 5.41) is 2.95. The summed E-state index contributed by atoms with van der Waals surface area (Å²) in [6, 6.07) is 10.7. The molecule has 126 valence electrons. The first kappa shape index (κ1) is 17.7. The van der Waals surface area contributed by atoms with E-state index in [1.807, 2.05) is 0 Å². The molecule has 0 unspecified atom stereocenters. The summed E-state index contributed by atoms with van der Waals surface area (Å²) in [5.74, 6) is -1.52. The first-order valence-corrected chi connectivity index (χ1v) is 7.57. The molecule has 7 heteroatoms. The van der Waals surface area contributed by atoms with Crippen molar-refractivity contribution in [2.75, 3.05) is 18.9 Å². The number of nitrogen functional groups attached to an aromatic ring is 1. The van der Waals surface area contributed by atoms with E-state index in [4.69, 9.17) is 22.1 Å². The summed E-state index contributed by atoms with van der Waals surface area (Å²) >= 11 is 5.75. The predicted octanol–water partition coefficient (Wildman–Crippen LogP) is 2.58. The van der Waals surface area contributed by atoms with E-state index in [2.05, 4.69) is 5.32 Å². The zero-order chi connectivity index (χ0) is 17.5. The number of amides is 1. The third-order valence-electron chi connectivity index (χ3n) is 3.24. The zero-order valence-electron chi connectivity index (χ0n) is 12.7. The molecule has 0 aliphatic rings. The predicted molar refractivity (Wildman–Crippen MR) is 89.3 cm³/mol. The Bertz CT molecular complexity index is 752. The molecule has 2 aromatic carbocycles. The Labute approximate surface area is 143 Å². The van der Waals surface area contributed by atoms with Crippen molar-refractivity contribution in [3.05, 3.63) is 64.4 Å². The van der Waals surface area contributed by atoms with Gasteiger partial charge in [-0.1, -0.05) is 29.8 Å². The quantitative estimate of drug-likeness (QED) is 0.619. The SMILES string of the molecule is Nc1cc(Cl)ccc1C(=O)OCC(=O)NCCc1ccccc1F. The molecule has 2 rings (SSSR count). The zero-order valence-corrected chi connectivity index (χ0v) is 13.5.